The third-order valence-electron chi connectivity index (χ3n) is 2.92. The van der Waals surface area contributed by atoms with E-state index in [0.29, 0.717) is 6.54 Å². The van der Waals surface area contributed by atoms with Crippen LogP contribution in [0.1, 0.15) is 6.42 Å². The summed E-state index contributed by atoms with van der Waals surface area (Å²) in [4.78, 5) is 28.4. The van der Waals surface area contributed by atoms with Crippen LogP contribution in [0.5, 0.6) is 0 Å². The molecule has 0 radical (unpaired) electrons. The Morgan fingerprint density at radius 3 is 3.00 bits per heavy atom. The SMILES string of the molecule is NC(=O)CNC(=O)N[C@H]1CCN(c2ccccn2)C1. The van der Waals surface area contributed by atoms with Gasteiger partial charge in [-0.2, -0.15) is 0 Å². The van der Waals surface area contributed by atoms with E-state index < -0.39 is 5.91 Å². The van der Waals surface area contributed by atoms with E-state index in [1.165, 1.54) is 0 Å². The van der Waals surface area contributed by atoms with Gasteiger partial charge < -0.3 is 21.3 Å². The number of anilines is 1. The van der Waals surface area contributed by atoms with Gasteiger partial charge in [0.2, 0.25) is 5.91 Å². The predicted molar refractivity (Wildman–Crippen MR) is 70.6 cm³/mol. The maximum absolute atomic E-state index is 11.5. The lowest BCUT2D eigenvalue weighted by Gasteiger charge is -2.17. The molecule has 102 valence electrons. The van der Waals surface area contributed by atoms with Crippen LogP contribution in [0.2, 0.25) is 0 Å². The van der Waals surface area contributed by atoms with E-state index >= 15 is 0 Å². The molecule has 19 heavy (non-hydrogen) atoms. The van der Waals surface area contributed by atoms with Crippen molar-refractivity contribution in [3.05, 3.63) is 24.4 Å². The van der Waals surface area contributed by atoms with Crippen molar-refractivity contribution in [2.75, 3.05) is 24.5 Å². The first-order chi connectivity index (χ1) is 9.15. The Bertz CT molecular complexity index is 451. The number of urea groups is 1. The first-order valence-corrected chi connectivity index (χ1v) is 6.14. The average molecular weight is 263 g/mol. The normalized spacial score (nSPS) is 18.1. The van der Waals surface area contributed by atoms with Crippen molar-refractivity contribution in [2.24, 2.45) is 5.73 Å². The molecule has 0 bridgehead atoms. The van der Waals surface area contributed by atoms with Crippen molar-refractivity contribution in [2.45, 2.75) is 12.5 Å². The zero-order valence-corrected chi connectivity index (χ0v) is 10.5. The van der Waals surface area contributed by atoms with Crippen LogP contribution < -0.4 is 21.3 Å². The lowest BCUT2D eigenvalue weighted by Crippen LogP contribution is -2.45. The first kappa shape index (κ1) is 13.1. The molecule has 1 fully saturated rings. The van der Waals surface area contributed by atoms with E-state index in [2.05, 4.69) is 20.5 Å². The van der Waals surface area contributed by atoms with Gasteiger partial charge in [-0.05, 0) is 18.6 Å². The second kappa shape index (κ2) is 6.03. The van der Waals surface area contributed by atoms with Gasteiger partial charge >= 0.3 is 6.03 Å². The number of hydrogen-bond donors (Lipinski definition) is 3. The predicted octanol–water partition coefficient (Wildman–Crippen LogP) is -0.555. The number of primary amides is 1. The quantitative estimate of drug-likeness (QED) is 0.678. The highest BCUT2D eigenvalue weighted by molar-refractivity contribution is 5.82. The van der Waals surface area contributed by atoms with Gasteiger partial charge in [-0.15, -0.1) is 0 Å². The van der Waals surface area contributed by atoms with Crippen LogP contribution >= 0.6 is 0 Å². The molecule has 1 atom stereocenters. The van der Waals surface area contributed by atoms with E-state index in [4.69, 9.17) is 5.73 Å². The number of hydrogen-bond acceptors (Lipinski definition) is 4. The molecule has 7 nitrogen and oxygen atoms in total. The van der Waals surface area contributed by atoms with Crippen LogP contribution in [0.15, 0.2) is 24.4 Å². The maximum Gasteiger partial charge on any atom is 0.315 e. The van der Waals surface area contributed by atoms with Crippen LogP contribution in [-0.2, 0) is 4.79 Å². The number of nitrogens with two attached hydrogens (primary N) is 1. The Balaban J connectivity index is 1.79. The van der Waals surface area contributed by atoms with Crippen molar-refractivity contribution in [3.8, 4) is 0 Å². The van der Waals surface area contributed by atoms with Gasteiger partial charge in [0.15, 0.2) is 0 Å². The standard InChI is InChI=1S/C12H17N5O2/c13-10(18)7-15-12(19)16-9-4-6-17(8-9)11-3-1-2-5-14-11/h1-3,5,9H,4,6-8H2,(H2,13,18)(H2,15,16,19)/t9-/m0/s1. The van der Waals surface area contributed by atoms with Crippen LogP contribution in [0.25, 0.3) is 0 Å². The zero-order chi connectivity index (χ0) is 13.7. The largest absolute Gasteiger partial charge is 0.368 e. The fourth-order valence-corrected chi connectivity index (χ4v) is 2.03. The van der Waals surface area contributed by atoms with E-state index in [0.717, 1.165) is 18.8 Å². The van der Waals surface area contributed by atoms with Gasteiger partial charge in [0.05, 0.1) is 6.54 Å². The molecule has 3 amide bonds. The molecular weight excluding hydrogens is 246 g/mol. The summed E-state index contributed by atoms with van der Waals surface area (Å²) < 4.78 is 0. The second-order valence-electron chi connectivity index (χ2n) is 4.41. The molecule has 0 saturated carbocycles. The average Bonchev–Trinajstić information content (AvgIpc) is 2.86. The molecular formula is C12H17N5O2. The van der Waals surface area contributed by atoms with E-state index in [1.54, 1.807) is 6.20 Å². The van der Waals surface area contributed by atoms with Crippen LogP contribution in [0, 0.1) is 0 Å². The minimum atomic E-state index is -0.559. The molecule has 1 aliphatic heterocycles. The van der Waals surface area contributed by atoms with E-state index in [9.17, 15) is 9.59 Å². The first-order valence-electron chi connectivity index (χ1n) is 6.14. The highest BCUT2D eigenvalue weighted by Crippen LogP contribution is 2.16. The molecule has 0 spiro atoms. The molecule has 1 aromatic heterocycles. The van der Waals surface area contributed by atoms with Crippen molar-refractivity contribution in [3.63, 3.8) is 0 Å². The van der Waals surface area contributed by atoms with Crippen molar-refractivity contribution >= 4 is 17.8 Å². The molecule has 0 aromatic carbocycles. The Kier molecular flexibility index (Phi) is 4.17. The number of carbonyl (C=O) groups is 2. The molecule has 2 rings (SSSR count). The minimum absolute atomic E-state index is 0.0508. The maximum atomic E-state index is 11.5. The monoisotopic (exact) mass is 263 g/mol. The number of aromatic nitrogens is 1. The van der Waals surface area contributed by atoms with Crippen LogP contribution in [-0.4, -0.2) is 42.6 Å². The summed E-state index contributed by atoms with van der Waals surface area (Å²) in [7, 11) is 0. The zero-order valence-electron chi connectivity index (χ0n) is 10.5. The Morgan fingerprint density at radius 2 is 2.32 bits per heavy atom. The Labute approximate surface area is 111 Å². The van der Waals surface area contributed by atoms with Crippen molar-refractivity contribution < 1.29 is 9.59 Å². The lowest BCUT2D eigenvalue weighted by atomic mass is 10.3. The third-order valence-corrected chi connectivity index (χ3v) is 2.92. The topological polar surface area (TPSA) is 100 Å². The molecule has 2 heterocycles. The number of pyridine rings is 1. The van der Waals surface area contributed by atoms with Gasteiger partial charge in [0.25, 0.3) is 0 Å². The summed E-state index contributed by atoms with van der Waals surface area (Å²) >= 11 is 0. The van der Waals surface area contributed by atoms with Gasteiger partial charge in [-0.1, -0.05) is 6.07 Å². The van der Waals surface area contributed by atoms with E-state index in [1.807, 2.05) is 18.2 Å². The number of nitrogens with zero attached hydrogens (tertiary/aromatic N) is 2. The highest BCUT2D eigenvalue weighted by atomic mass is 16.2. The molecule has 1 aliphatic rings. The molecule has 1 aromatic rings. The van der Waals surface area contributed by atoms with Gasteiger partial charge in [-0.25, -0.2) is 9.78 Å². The number of rotatable bonds is 4. The number of nitrogens with one attached hydrogen (secondary N) is 2. The summed E-state index contributed by atoms with van der Waals surface area (Å²) in [5.74, 6) is 0.348. The van der Waals surface area contributed by atoms with Crippen LogP contribution in [0.3, 0.4) is 0 Å². The Morgan fingerprint density at radius 1 is 1.47 bits per heavy atom. The number of carbonyl (C=O) groups excluding carboxylic acids is 2. The summed E-state index contributed by atoms with van der Waals surface area (Å²) in [5, 5.41) is 5.21. The molecule has 7 heteroatoms. The smallest absolute Gasteiger partial charge is 0.315 e. The summed E-state index contributed by atoms with van der Waals surface area (Å²) in [5.41, 5.74) is 4.95. The van der Waals surface area contributed by atoms with E-state index in [-0.39, 0.29) is 18.6 Å². The van der Waals surface area contributed by atoms with Gasteiger partial charge in [0.1, 0.15) is 5.82 Å². The molecule has 0 aliphatic carbocycles. The Hall–Kier alpha value is -2.31. The van der Waals surface area contributed by atoms with Crippen molar-refractivity contribution in [1.82, 2.24) is 15.6 Å². The highest BCUT2D eigenvalue weighted by Gasteiger charge is 2.24. The summed E-state index contributed by atoms with van der Waals surface area (Å²) in [6.07, 6.45) is 2.59. The van der Waals surface area contributed by atoms with Gasteiger partial charge in [0, 0.05) is 25.3 Å². The molecule has 1 saturated heterocycles. The van der Waals surface area contributed by atoms with Crippen molar-refractivity contribution in [1.29, 1.82) is 0 Å². The van der Waals surface area contributed by atoms with Crippen LogP contribution in [0.4, 0.5) is 10.6 Å². The number of amides is 3. The fourth-order valence-electron chi connectivity index (χ4n) is 2.03. The fraction of sp³-hybridized carbons (Fsp3) is 0.417. The summed E-state index contributed by atoms with van der Waals surface area (Å²) in [6, 6.07) is 5.42. The minimum Gasteiger partial charge on any atom is -0.368 e. The molecule has 0 unspecified atom stereocenters. The third kappa shape index (κ3) is 3.84. The lowest BCUT2D eigenvalue weighted by molar-refractivity contribution is -0.117. The second-order valence-corrected chi connectivity index (χ2v) is 4.41. The van der Waals surface area contributed by atoms with Gasteiger partial charge in [-0.3, -0.25) is 4.79 Å². The summed E-state index contributed by atoms with van der Waals surface area (Å²) in [6.45, 7) is 1.40. The molecule has 4 N–H and O–H groups in total.